The zero-order chi connectivity index (χ0) is 24.0. The van der Waals surface area contributed by atoms with Gasteiger partial charge in [0, 0.05) is 32.3 Å². The van der Waals surface area contributed by atoms with E-state index in [2.05, 4.69) is 4.98 Å². The lowest BCUT2D eigenvalue weighted by atomic mass is 10.1. The van der Waals surface area contributed by atoms with Crippen molar-refractivity contribution < 1.29 is 19.1 Å². The lowest BCUT2D eigenvalue weighted by Gasteiger charge is -2.33. The van der Waals surface area contributed by atoms with Gasteiger partial charge in [-0.15, -0.1) is 0 Å². The first-order chi connectivity index (χ1) is 15.1. The topological polar surface area (TPSA) is 90.7 Å². The average Bonchev–Trinajstić information content (AvgIpc) is 2.74. The van der Waals surface area contributed by atoms with Gasteiger partial charge < -0.3 is 14.4 Å². The smallest absolute Gasteiger partial charge is 0.337 e. The van der Waals surface area contributed by atoms with Crippen LogP contribution in [0.3, 0.4) is 0 Å². The Labute approximate surface area is 193 Å². The van der Waals surface area contributed by atoms with Crippen molar-refractivity contribution in [1.29, 1.82) is 0 Å². The summed E-state index contributed by atoms with van der Waals surface area (Å²) in [7, 11) is 2.91. The van der Waals surface area contributed by atoms with E-state index in [1.807, 2.05) is 39.5 Å². The van der Waals surface area contributed by atoms with Crippen molar-refractivity contribution in [1.82, 2.24) is 14.5 Å². The number of hydrogen-bond donors (Lipinski definition) is 0. The summed E-state index contributed by atoms with van der Waals surface area (Å²) in [6.45, 7) is 10.7. The number of hydrogen-bond acceptors (Lipinski definition) is 7. The van der Waals surface area contributed by atoms with Crippen LogP contribution in [0.25, 0.3) is 10.9 Å². The lowest BCUT2D eigenvalue weighted by molar-refractivity contribution is -0.133. The van der Waals surface area contributed by atoms with Crippen LogP contribution in [0.5, 0.6) is 0 Å². The Bertz CT molecular complexity index is 1010. The average molecular weight is 464 g/mol. The number of thioether (sulfide) groups is 1. The first kappa shape index (κ1) is 25.9. The number of rotatable bonds is 10. The van der Waals surface area contributed by atoms with E-state index in [9.17, 15) is 14.4 Å². The molecule has 0 radical (unpaired) electrons. The summed E-state index contributed by atoms with van der Waals surface area (Å²) in [4.78, 5) is 44.8. The molecule has 0 saturated heterocycles. The Kier molecular flexibility index (Phi) is 9.27. The number of amides is 1. The first-order valence-corrected chi connectivity index (χ1v) is 11.6. The van der Waals surface area contributed by atoms with E-state index in [4.69, 9.17) is 9.47 Å². The van der Waals surface area contributed by atoms with E-state index >= 15 is 0 Å². The fraction of sp³-hybridized carbons (Fsp3) is 0.565. The predicted molar refractivity (Wildman–Crippen MR) is 126 cm³/mol. The second kappa shape index (κ2) is 11.5. The number of nitrogens with zero attached hydrogens (tertiary/aromatic N) is 3. The number of carbonyl (C=O) groups excluding carboxylic acids is 2. The summed E-state index contributed by atoms with van der Waals surface area (Å²) in [5.74, 6) is -0.513. The molecular weight excluding hydrogens is 430 g/mol. The fourth-order valence-electron chi connectivity index (χ4n) is 3.62. The number of esters is 1. The van der Waals surface area contributed by atoms with Gasteiger partial charge in [0.05, 0.1) is 28.8 Å². The van der Waals surface area contributed by atoms with Crippen LogP contribution in [0.2, 0.25) is 0 Å². The summed E-state index contributed by atoms with van der Waals surface area (Å²) < 4.78 is 11.5. The Morgan fingerprint density at radius 3 is 2.34 bits per heavy atom. The molecule has 0 aliphatic carbocycles. The number of aromatic nitrogens is 2. The molecule has 1 atom stereocenters. The minimum atomic E-state index is -0.500. The van der Waals surface area contributed by atoms with Crippen molar-refractivity contribution in [3.05, 3.63) is 34.1 Å². The SMILES string of the molecule is COCCCn1c(SC(C)C(=O)N(C(C)C)C(C)C)nc2cc(C(=O)OC)ccc2c1=O. The molecule has 1 heterocycles. The van der Waals surface area contributed by atoms with Gasteiger partial charge in [-0.25, -0.2) is 9.78 Å². The van der Waals surface area contributed by atoms with Crippen LogP contribution in [-0.2, 0) is 20.8 Å². The van der Waals surface area contributed by atoms with Crippen LogP contribution in [0, 0.1) is 0 Å². The molecule has 2 rings (SSSR count). The standard InChI is InChI=1S/C23H33N3O5S/c1-14(2)26(15(3)4)20(27)16(5)32-23-24-19-13-17(22(29)31-7)9-10-18(19)21(28)25(23)11-8-12-30-6/h9-10,13-16H,8,11-12H2,1-7H3. The molecule has 1 unspecified atom stereocenters. The Morgan fingerprint density at radius 1 is 1.12 bits per heavy atom. The van der Waals surface area contributed by atoms with Gasteiger partial charge in [0.15, 0.2) is 5.16 Å². The molecule has 2 aromatic rings. The number of fused-ring (bicyclic) bond motifs is 1. The van der Waals surface area contributed by atoms with Crippen LogP contribution >= 0.6 is 11.8 Å². The minimum absolute atomic E-state index is 0.0129. The Hall–Kier alpha value is -2.39. The summed E-state index contributed by atoms with van der Waals surface area (Å²) in [6, 6.07) is 4.81. The maximum absolute atomic E-state index is 13.3. The molecule has 1 amide bonds. The molecule has 0 spiro atoms. The van der Waals surface area contributed by atoms with Gasteiger partial charge in [0.2, 0.25) is 5.91 Å². The molecule has 1 aromatic heterocycles. The number of carbonyl (C=O) groups is 2. The van der Waals surface area contributed by atoms with Crippen molar-refractivity contribution >= 4 is 34.5 Å². The molecule has 0 fully saturated rings. The van der Waals surface area contributed by atoms with E-state index in [-0.39, 0.29) is 23.6 Å². The van der Waals surface area contributed by atoms with Crippen molar-refractivity contribution in [2.24, 2.45) is 0 Å². The normalized spacial score (nSPS) is 12.4. The summed E-state index contributed by atoms with van der Waals surface area (Å²) in [6.07, 6.45) is 0.629. The predicted octanol–water partition coefficient (Wildman–Crippen LogP) is 3.35. The molecule has 0 aliphatic heterocycles. The minimum Gasteiger partial charge on any atom is -0.465 e. The van der Waals surface area contributed by atoms with Crippen molar-refractivity contribution in [2.75, 3.05) is 20.8 Å². The highest BCUT2D eigenvalue weighted by atomic mass is 32.2. The Balaban J connectivity index is 2.52. The molecule has 32 heavy (non-hydrogen) atoms. The third-order valence-electron chi connectivity index (χ3n) is 5.07. The second-order valence-electron chi connectivity index (χ2n) is 8.11. The monoisotopic (exact) mass is 463 g/mol. The van der Waals surface area contributed by atoms with Gasteiger partial charge in [-0.05, 0) is 59.2 Å². The maximum Gasteiger partial charge on any atom is 0.337 e. The Morgan fingerprint density at radius 2 is 1.78 bits per heavy atom. The van der Waals surface area contributed by atoms with E-state index in [1.165, 1.54) is 18.9 Å². The van der Waals surface area contributed by atoms with Gasteiger partial charge in [-0.3, -0.25) is 14.2 Å². The van der Waals surface area contributed by atoms with E-state index in [1.54, 1.807) is 29.9 Å². The first-order valence-electron chi connectivity index (χ1n) is 10.7. The molecule has 0 N–H and O–H groups in total. The quantitative estimate of drug-likeness (QED) is 0.231. The second-order valence-corrected chi connectivity index (χ2v) is 9.42. The molecular formula is C23H33N3O5S. The molecule has 8 nitrogen and oxygen atoms in total. The third-order valence-corrected chi connectivity index (χ3v) is 6.15. The van der Waals surface area contributed by atoms with Crippen LogP contribution in [0.4, 0.5) is 0 Å². The van der Waals surface area contributed by atoms with Gasteiger partial charge >= 0.3 is 5.97 Å². The molecule has 0 aliphatic rings. The zero-order valence-corrected chi connectivity index (χ0v) is 20.7. The van der Waals surface area contributed by atoms with Crippen LogP contribution in [0.15, 0.2) is 28.2 Å². The van der Waals surface area contributed by atoms with Gasteiger partial charge in [-0.1, -0.05) is 11.8 Å². The summed E-state index contributed by atoms with van der Waals surface area (Å²) >= 11 is 1.25. The largest absolute Gasteiger partial charge is 0.465 e. The van der Waals surface area contributed by atoms with E-state index in [0.29, 0.717) is 41.2 Å². The highest BCUT2D eigenvalue weighted by molar-refractivity contribution is 8.00. The van der Waals surface area contributed by atoms with Crippen molar-refractivity contribution in [3.63, 3.8) is 0 Å². The molecule has 0 saturated carbocycles. The van der Waals surface area contributed by atoms with Crippen molar-refractivity contribution in [3.8, 4) is 0 Å². The van der Waals surface area contributed by atoms with Gasteiger partial charge in [-0.2, -0.15) is 0 Å². The van der Waals surface area contributed by atoms with Crippen molar-refractivity contribution in [2.45, 2.75) is 70.1 Å². The number of benzene rings is 1. The number of ether oxygens (including phenoxy) is 2. The van der Waals surface area contributed by atoms with E-state index < -0.39 is 11.2 Å². The van der Waals surface area contributed by atoms with Crippen LogP contribution in [0.1, 0.15) is 51.4 Å². The summed E-state index contributed by atoms with van der Waals surface area (Å²) in [5.41, 5.74) is 0.497. The maximum atomic E-state index is 13.3. The summed E-state index contributed by atoms with van der Waals surface area (Å²) in [5, 5.41) is 0.403. The lowest BCUT2D eigenvalue weighted by Crippen LogP contribution is -2.45. The fourth-order valence-corrected chi connectivity index (χ4v) is 4.61. The number of methoxy groups -OCH3 is 2. The zero-order valence-electron chi connectivity index (χ0n) is 19.9. The van der Waals surface area contributed by atoms with Crippen LogP contribution in [-0.4, -0.2) is 64.5 Å². The molecule has 176 valence electrons. The van der Waals surface area contributed by atoms with Crippen LogP contribution < -0.4 is 5.56 Å². The highest BCUT2D eigenvalue weighted by Gasteiger charge is 2.27. The molecule has 1 aromatic carbocycles. The molecule has 9 heteroatoms. The molecule has 0 bridgehead atoms. The third kappa shape index (κ3) is 5.89. The van der Waals surface area contributed by atoms with Gasteiger partial charge in [0.25, 0.3) is 5.56 Å². The highest BCUT2D eigenvalue weighted by Crippen LogP contribution is 2.26. The van der Waals surface area contributed by atoms with Gasteiger partial charge in [0.1, 0.15) is 0 Å². The van der Waals surface area contributed by atoms with E-state index in [0.717, 1.165) is 0 Å².